The molecule has 1 saturated carbocycles. The zero-order valence-corrected chi connectivity index (χ0v) is 12.0. The molecule has 1 aliphatic heterocycles. The summed E-state index contributed by atoms with van der Waals surface area (Å²) in [5, 5.41) is 0.725. The molecule has 3 nitrogen and oxygen atoms in total. The lowest BCUT2D eigenvalue weighted by Gasteiger charge is -2.35. The smallest absolute Gasteiger partial charge is 0.233 e. The molecule has 1 saturated heterocycles. The van der Waals surface area contributed by atoms with Gasteiger partial charge in [0.2, 0.25) is 5.91 Å². The molecule has 0 atom stereocenters. The van der Waals surface area contributed by atoms with E-state index in [0.717, 1.165) is 49.6 Å². The first kappa shape index (κ1) is 12.9. The van der Waals surface area contributed by atoms with E-state index in [2.05, 4.69) is 11.9 Å². The maximum Gasteiger partial charge on any atom is 0.233 e. The Morgan fingerprint density at radius 1 is 1.16 bits per heavy atom. The Morgan fingerprint density at radius 2 is 1.79 bits per heavy atom. The van der Waals surface area contributed by atoms with E-state index in [1.54, 1.807) is 0 Å². The van der Waals surface area contributed by atoms with Crippen LogP contribution in [0.4, 0.5) is 0 Å². The zero-order chi connectivity index (χ0) is 13.5. The molecule has 1 aromatic carbocycles. The average Bonchev–Trinajstić information content (AvgIpc) is 3.21. The molecule has 4 heteroatoms. The number of nitrogens with zero attached hydrogens (tertiary/aromatic N) is 2. The molecular formula is C15H19ClN2O. The average molecular weight is 279 g/mol. The maximum atomic E-state index is 12.8. The normalized spacial score (nSPS) is 22.3. The minimum Gasteiger partial charge on any atom is -0.339 e. The van der Waals surface area contributed by atoms with E-state index in [1.165, 1.54) is 0 Å². The van der Waals surface area contributed by atoms with E-state index >= 15 is 0 Å². The third kappa shape index (κ3) is 2.26. The Balaban J connectivity index is 1.82. The first-order chi connectivity index (χ1) is 9.13. The highest BCUT2D eigenvalue weighted by Gasteiger charge is 2.54. The van der Waals surface area contributed by atoms with Crippen LogP contribution in [0.3, 0.4) is 0 Å². The van der Waals surface area contributed by atoms with E-state index < -0.39 is 0 Å². The summed E-state index contributed by atoms with van der Waals surface area (Å²) in [5.74, 6) is 0.272. The van der Waals surface area contributed by atoms with Crippen LogP contribution in [0.1, 0.15) is 18.4 Å². The van der Waals surface area contributed by atoms with Crippen LogP contribution in [-0.4, -0.2) is 48.9 Å². The fraction of sp³-hybridized carbons (Fsp3) is 0.533. The van der Waals surface area contributed by atoms with Gasteiger partial charge in [0.15, 0.2) is 0 Å². The van der Waals surface area contributed by atoms with Crippen LogP contribution in [-0.2, 0) is 10.2 Å². The number of carbonyl (C=O) groups is 1. The van der Waals surface area contributed by atoms with Gasteiger partial charge >= 0.3 is 0 Å². The molecule has 0 N–H and O–H groups in total. The second-order valence-corrected chi connectivity index (χ2v) is 6.06. The lowest BCUT2D eigenvalue weighted by molar-refractivity contribution is -0.135. The quantitative estimate of drug-likeness (QED) is 0.828. The van der Waals surface area contributed by atoms with Crippen molar-refractivity contribution in [2.75, 3.05) is 33.2 Å². The number of amides is 1. The number of hydrogen-bond acceptors (Lipinski definition) is 2. The topological polar surface area (TPSA) is 23.6 Å². The van der Waals surface area contributed by atoms with E-state index in [-0.39, 0.29) is 11.3 Å². The van der Waals surface area contributed by atoms with Crippen molar-refractivity contribution in [3.8, 4) is 0 Å². The van der Waals surface area contributed by atoms with Crippen LogP contribution in [0.25, 0.3) is 0 Å². The van der Waals surface area contributed by atoms with Gasteiger partial charge in [-0.25, -0.2) is 0 Å². The van der Waals surface area contributed by atoms with E-state index in [4.69, 9.17) is 11.6 Å². The molecule has 0 unspecified atom stereocenters. The van der Waals surface area contributed by atoms with Gasteiger partial charge in [0.05, 0.1) is 5.41 Å². The summed E-state index contributed by atoms with van der Waals surface area (Å²) in [6, 6.07) is 7.78. The van der Waals surface area contributed by atoms with Crippen molar-refractivity contribution < 1.29 is 4.79 Å². The monoisotopic (exact) mass is 278 g/mol. The second-order valence-electron chi connectivity index (χ2n) is 5.66. The summed E-state index contributed by atoms with van der Waals surface area (Å²) in [7, 11) is 2.10. The van der Waals surface area contributed by atoms with Crippen molar-refractivity contribution in [2.45, 2.75) is 18.3 Å². The first-order valence-electron chi connectivity index (χ1n) is 6.86. The van der Waals surface area contributed by atoms with Crippen LogP contribution in [0.5, 0.6) is 0 Å². The summed E-state index contributed by atoms with van der Waals surface area (Å²) in [6.45, 7) is 3.59. The summed E-state index contributed by atoms with van der Waals surface area (Å²) in [6.07, 6.45) is 1.86. The van der Waals surface area contributed by atoms with Crippen molar-refractivity contribution in [3.05, 3.63) is 34.9 Å². The number of piperazine rings is 1. The van der Waals surface area contributed by atoms with Gasteiger partial charge in [-0.1, -0.05) is 29.8 Å². The number of halogens is 1. The lowest BCUT2D eigenvalue weighted by atomic mass is 9.94. The molecule has 19 heavy (non-hydrogen) atoms. The molecule has 3 rings (SSSR count). The summed E-state index contributed by atoms with van der Waals surface area (Å²) in [5.41, 5.74) is 0.689. The Hall–Kier alpha value is -1.06. The number of rotatable bonds is 2. The molecular weight excluding hydrogens is 260 g/mol. The first-order valence-corrected chi connectivity index (χ1v) is 7.24. The van der Waals surface area contributed by atoms with Gasteiger partial charge < -0.3 is 9.80 Å². The standard InChI is InChI=1S/C15H19ClN2O/c1-17-8-10-18(11-9-17)14(19)15(6-7-15)12-4-2-3-5-13(12)16/h2-5H,6-11H2,1H3. The van der Waals surface area contributed by atoms with Crippen LogP contribution in [0, 0.1) is 0 Å². The Labute approximate surface area is 119 Å². The van der Waals surface area contributed by atoms with Gasteiger partial charge in [0, 0.05) is 31.2 Å². The summed E-state index contributed by atoms with van der Waals surface area (Å²) >= 11 is 6.28. The van der Waals surface area contributed by atoms with Gasteiger partial charge in [-0.05, 0) is 31.5 Å². The number of benzene rings is 1. The molecule has 2 fully saturated rings. The molecule has 1 amide bonds. The fourth-order valence-electron chi connectivity index (χ4n) is 2.88. The molecule has 0 aromatic heterocycles. The Kier molecular flexibility index (Phi) is 3.27. The minimum absolute atomic E-state index is 0.272. The van der Waals surface area contributed by atoms with E-state index in [0.29, 0.717) is 0 Å². The van der Waals surface area contributed by atoms with Crippen LogP contribution < -0.4 is 0 Å². The lowest BCUT2D eigenvalue weighted by Crippen LogP contribution is -2.50. The predicted octanol–water partition coefficient (Wildman–Crippen LogP) is 2.15. The molecule has 0 radical (unpaired) electrons. The molecule has 1 aromatic rings. The van der Waals surface area contributed by atoms with Crippen LogP contribution >= 0.6 is 11.6 Å². The fourth-order valence-corrected chi connectivity index (χ4v) is 3.20. The highest BCUT2D eigenvalue weighted by molar-refractivity contribution is 6.31. The van der Waals surface area contributed by atoms with Crippen LogP contribution in [0.2, 0.25) is 5.02 Å². The molecule has 0 bridgehead atoms. The molecule has 2 aliphatic rings. The Morgan fingerprint density at radius 3 is 2.37 bits per heavy atom. The second kappa shape index (κ2) is 4.80. The summed E-state index contributed by atoms with van der Waals surface area (Å²) < 4.78 is 0. The van der Waals surface area contributed by atoms with Crippen LogP contribution in [0.15, 0.2) is 24.3 Å². The molecule has 1 heterocycles. The van der Waals surface area contributed by atoms with Crippen molar-refractivity contribution in [2.24, 2.45) is 0 Å². The number of hydrogen-bond donors (Lipinski definition) is 0. The highest BCUT2D eigenvalue weighted by Crippen LogP contribution is 2.51. The van der Waals surface area contributed by atoms with Crippen molar-refractivity contribution >= 4 is 17.5 Å². The minimum atomic E-state index is -0.325. The van der Waals surface area contributed by atoms with Gasteiger partial charge in [0.1, 0.15) is 0 Å². The third-order valence-corrected chi connectivity index (χ3v) is 4.67. The molecule has 1 aliphatic carbocycles. The Bertz CT molecular complexity index is 491. The molecule has 0 spiro atoms. The van der Waals surface area contributed by atoms with E-state index in [9.17, 15) is 4.79 Å². The predicted molar refractivity (Wildman–Crippen MR) is 76.4 cm³/mol. The van der Waals surface area contributed by atoms with Gasteiger partial charge in [-0.2, -0.15) is 0 Å². The maximum absolute atomic E-state index is 12.8. The van der Waals surface area contributed by atoms with Crippen molar-refractivity contribution in [1.29, 1.82) is 0 Å². The van der Waals surface area contributed by atoms with Crippen molar-refractivity contribution in [3.63, 3.8) is 0 Å². The van der Waals surface area contributed by atoms with Gasteiger partial charge in [-0.3, -0.25) is 4.79 Å². The largest absolute Gasteiger partial charge is 0.339 e. The molecule has 102 valence electrons. The van der Waals surface area contributed by atoms with Crippen molar-refractivity contribution in [1.82, 2.24) is 9.80 Å². The number of carbonyl (C=O) groups excluding carboxylic acids is 1. The van der Waals surface area contributed by atoms with Gasteiger partial charge in [-0.15, -0.1) is 0 Å². The highest BCUT2D eigenvalue weighted by atomic mass is 35.5. The summed E-state index contributed by atoms with van der Waals surface area (Å²) in [4.78, 5) is 17.1. The SMILES string of the molecule is CN1CCN(C(=O)C2(c3ccccc3Cl)CC2)CC1. The zero-order valence-electron chi connectivity index (χ0n) is 11.2. The third-order valence-electron chi connectivity index (χ3n) is 4.34. The number of likely N-dealkylation sites (N-methyl/N-ethyl adjacent to an activating group) is 1. The van der Waals surface area contributed by atoms with E-state index in [1.807, 2.05) is 29.2 Å². The van der Waals surface area contributed by atoms with Gasteiger partial charge in [0.25, 0.3) is 0 Å².